The smallest absolute Gasteiger partial charge is 0.00489 e. The quantitative estimate of drug-likeness (QED) is 0.129. The molecule has 1 heteroatoms. The van der Waals surface area contributed by atoms with Crippen molar-refractivity contribution in [2.45, 2.75) is 174 Å². The van der Waals surface area contributed by atoms with Crippen LogP contribution in [0.15, 0.2) is 0 Å². The summed E-state index contributed by atoms with van der Waals surface area (Å²) in [6.07, 6.45) is 36.2. The summed E-state index contributed by atoms with van der Waals surface area (Å²) in [6, 6.07) is 0. The Bertz CT molecular complexity index is 248. The van der Waals surface area contributed by atoms with Gasteiger partial charge in [-0.3, -0.25) is 0 Å². The van der Waals surface area contributed by atoms with Crippen molar-refractivity contribution in [1.29, 1.82) is 0 Å². The molecule has 1 nitrogen and oxygen atoms in total. The van der Waals surface area contributed by atoms with Crippen LogP contribution in [-0.4, -0.2) is 13.1 Å². The molecule has 0 saturated carbocycles. The highest BCUT2D eigenvalue weighted by Crippen LogP contribution is 2.13. The third-order valence-corrected chi connectivity index (χ3v) is 6.66. The molecule has 0 saturated heterocycles. The largest absolute Gasteiger partial charge is 0.317 e. The lowest BCUT2D eigenvalue weighted by Crippen LogP contribution is -2.16. The van der Waals surface area contributed by atoms with Gasteiger partial charge in [0, 0.05) is 0 Å². The highest BCUT2D eigenvalue weighted by Gasteiger charge is 1.95. The van der Waals surface area contributed by atoms with Crippen molar-refractivity contribution in [3.63, 3.8) is 0 Å². The molecule has 0 heterocycles. The van der Waals surface area contributed by atoms with E-state index in [1.54, 1.807) is 0 Å². The lowest BCUT2D eigenvalue weighted by atomic mass is 10.0. The molecule has 0 aromatic carbocycles. The van der Waals surface area contributed by atoms with Gasteiger partial charge in [0.25, 0.3) is 0 Å². The zero-order valence-electron chi connectivity index (χ0n) is 21.6. The Balaban J connectivity index is 2.97. The van der Waals surface area contributed by atoms with Crippen LogP contribution in [-0.2, 0) is 0 Å². The van der Waals surface area contributed by atoms with Gasteiger partial charge in [-0.25, -0.2) is 0 Å². The van der Waals surface area contributed by atoms with Crippen LogP contribution >= 0.6 is 0 Å². The summed E-state index contributed by atoms with van der Waals surface area (Å²) in [4.78, 5) is 0. The van der Waals surface area contributed by atoms with Gasteiger partial charge in [0.1, 0.15) is 0 Å². The highest BCUT2D eigenvalue weighted by atomic mass is 14.8. The predicted octanol–water partition coefficient (Wildman–Crippen LogP) is 10.4. The molecule has 1 N–H and O–H groups in total. The minimum atomic E-state index is 1.25. The zero-order chi connectivity index (χ0) is 21.8. The van der Waals surface area contributed by atoms with Crippen LogP contribution in [0.1, 0.15) is 174 Å². The molecular weight excluding hydrogens is 362 g/mol. The van der Waals surface area contributed by atoms with Gasteiger partial charge in [-0.15, -0.1) is 0 Å². The van der Waals surface area contributed by atoms with Crippen molar-refractivity contribution in [3.05, 3.63) is 0 Å². The maximum absolute atomic E-state index is 3.66. The van der Waals surface area contributed by atoms with E-state index >= 15 is 0 Å². The van der Waals surface area contributed by atoms with Crippen molar-refractivity contribution in [3.8, 4) is 0 Å². The van der Waals surface area contributed by atoms with Gasteiger partial charge in [-0.05, 0) is 25.9 Å². The van der Waals surface area contributed by atoms with Crippen LogP contribution in [0.4, 0.5) is 0 Å². The number of hydrogen-bond acceptors (Lipinski definition) is 1. The van der Waals surface area contributed by atoms with Gasteiger partial charge in [-0.1, -0.05) is 162 Å². The summed E-state index contributed by atoms with van der Waals surface area (Å²) in [5.74, 6) is 0. The molecule has 0 unspecified atom stereocenters. The van der Waals surface area contributed by atoms with E-state index in [9.17, 15) is 0 Å². The van der Waals surface area contributed by atoms with Gasteiger partial charge < -0.3 is 5.32 Å². The van der Waals surface area contributed by atoms with E-state index < -0.39 is 0 Å². The molecule has 0 aliphatic heterocycles. The summed E-state index contributed by atoms with van der Waals surface area (Å²) >= 11 is 0. The lowest BCUT2D eigenvalue weighted by molar-refractivity contribution is 0.520. The summed E-state index contributed by atoms with van der Waals surface area (Å²) in [7, 11) is 0. The molecule has 0 amide bonds. The van der Waals surface area contributed by atoms with Crippen LogP contribution in [0.3, 0.4) is 0 Å². The van der Waals surface area contributed by atoms with E-state index in [1.165, 1.54) is 174 Å². The first-order valence-corrected chi connectivity index (χ1v) is 14.6. The zero-order valence-corrected chi connectivity index (χ0v) is 21.6. The third-order valence-electron chi connectivity index (χ3n) is 6.66. The normalized spacial score (nSPS) is 11.4. The van der Waals surface area contributed by atoms with Crippen molar-refractivity contribution in [2.24, 2.45) is 0 Å². The number of nitrogens with one attached hydrogen (secondary N) is 1. The molecule has 0 atom stereocenters. The fourth-order valence-corrected chi connectivity index (χ4v) is 4.48. The van der Waals surface area contributed by atoms with E-state index in [0.717, 1.165) is 0 Å². The van der Waals surface area contributed by atoms with Crippen LogP contribution in [0, 0.1) is 0 Å². The number of rotatable bonds is 27. The highest BCUT2D eigenvalue weighted by molar-refractivity contribution is 4.53. The lowest BCUT2D eigenvalue weighted by Gasteiger charge is -2.06. The van der Waals surface area contributed by atoms with Crippen molar-refractivity contribution >= 4 is 0 Å². The molecule has 0 fully saturated rings. The fourth-order valence-electron chi connectivity index (χ4n) is 4.48. The average molecular weight is 424 g/mol. The molecular formula is C29H61N. The van der Waals surface area contributed by atoms with Crippen molar-refractivity contribution in [2.75, 3.05) is 13.1 Å². The Labute approximate surface area is 193 Å². The summed E-state index contributed by atoms with van der Waals surface area (Å²) in [6.45, 7) is 7.09. The third kappa shape index (κ3) is 28.0. The molecule has 0 bridgehead atoms. The Morgan fingerprint density at radius 3 is 0.700 bits per heavy atom. The maximum Gasteiger partial charge on any atom is -0.00489 e. The Morgan fingerprint density at radius 1 is 0.267 bits per heavy atom. The Morgan fingerprint density at radius 2 is 0.467 bits per heavy atom. The summed E-state index contributed by atoms with van der Waals surface area (Å²) in [5, 5.41) is 3.66. The standard InChI is InChI=1S/C29H61N/c1-3-5-7-9-11-13-15-17-19-21-23-25-27-29-30-28-26-24-22-20-18-16-14-12-10-8-6-4-2/h30H,3-29H2,1-2H3. The second-order valence-corrected chi connectivity index (χ2v) is 9.88. The summed E-state index contributed by atoms with van der Waals surface area (Å²) in [5.41, 5.74) is 0. The molecule has 0 spiro atoms. The average Bonchev–Trinajstić information content (AvgIpc) is 2.76. The molecule has 0 aliphatic rings. The van der Waals surface area contributed by atoms with Gasteiger partial charge in [0.2, 0.25) is 0 Å². The number of unbranched alkanes of at least 4 members (excludes halogenated alkanes) is 23. The van der Waals surface area contributed by atoms with Crippen molar-refractivity contribution < 1.29 is 0 Å². The first kappa shape index (κ1) is 30.0. The minimum Gasteiger partial charge on any atom is -0.317 e. The van der Waals surface area contributed by atoms with Gasteiger partial charge >= 0.3 is 0 Å². The van der Waals surface area contributed by atoms with Crippen LogP contribution in [0.2, 0.25) is 0 Å². The van der Waals surface area contributed by atoms with Gasteiger partial charge in [0.15, 0.2) is 0 Å². The maximum atomic E-state index is 3.66. The van der Waals surface area contributed by atoms with Crippen LogP contribution in [0.5, 0.6) is 0 Å². The van der Waals surface area contributed by atoms with Gasteiger partial charge in [0.05, 0.1) is 0 Å². The van der Waals surface area contributed by atoms with Crippen LogP contribution in [0.25, 0.3) is 0 Å². The second kappa shape index (κ2) is 29.0. The first-order chi connectivity index (χ1) is 14.9. The SMILES string of the molecule is CCCCCCCCCCCCCCCNCCCCCCCCCCCCCC. The molecule has 0 radical (unpaired) electrons. The Kier molecular flexibility index (Phi) is 28.9. The van der Waals surface area contributed by atoms with Gasteiger partial charge in [-0.2, -0.15) is 0 Å². The van der Waals surface area contributed by atoms with E-state index in [4.69, 9.17) is 0 Å². The molecule has 0 aromatic heterocycles. The molecule has 0 aromatic rings. The fraction of sp³-hybridized carbons (Fsp3) is 1.00. The molecule has 182 valence electrons. The minimum absolute atomic E-state index is 1.25. The second-order valence-electron chi connectivity index (χ2n) is 9.88. The van der Waals surface area contributed by atoms with Crippen LogP contribution < -0.4 is 5.32 Å². The Hall–Kier alpha value is -0.0400. The molecule has 0 aliphatic carbocycles. The van der Waals surface area contributed by atoms with E-state index in [1.807, 2.05) is 0 Å². The van der Waals surface area contributed by atoms with E-state index in [0.29, 0.717) is 0 Å². The van der Waals surface area contributed by atoms with Crippen molar-refractivity contribution in [1.82, 2.24) is 5.32 Å². The van der Waals surface area contributed by atoms with E-state index in [2.05, 4.69) is 19.2 Å². The molecule has 30 heavy (non-hydrogen) atoms. The topological polar surface area (TPSA) is 12.0 Å². The predicted molar refractivity (Wildman–Crippen MR) is 140 cm³/mol. The summed E-state index contributed by atoms with van der Waals surface area (Å²) < 4.78 is 0. The van der Waals surface area contributed by atoms with E-state index in [-0.39, 0.29) is 0 Å². The molecule has 0 rings (SSSR count). The first-order valence-electron chi connectivity index (χ1n) is 14.6. The monoisotopic (exact) mass is 423 g/mol. The number of hydrogen-bond donors (Lipinski definition) is 1.